The van der Waals surface area contributed by atoms with Gasteiger partial charge in [0.05, 0.1) is 0 Å². The normalized spacial score (nSPS) is 11.9. The molecule has 4 heteroatoms. The number of aromatic hydroxyl groups is 1. The number of amides is 1. The zero-order valence-corrected chi connectivity index (χ0v) is 10.8. The second-order valence-electron chi connectivity index (χ2n) is 4.35. The lowest BCUT2D eigenvalue weighted by atomic mass is 10.0. The minimum Gasteiger partial charge on any atom is -0.508 e. The summed E-state index contributed by atoms with van der Waals surface area (Å²) < 4.78 is 0. The van der Waals surface area contributed by atoms with Crippen LogP contribution in [0.1, 0.15) is 25.8 Å². The summed E-state index contributed by atoms with van der Waals surface area (Å²) >= 11 is 0. The topological polar surface area (TPSA) is 66.4 Å². The van der Waals surface area contributed by atoms with Gasteiger partial charge >= 0.3 is 0 Å². The second kappa shape index (κ2) is 6.79. The molecule has 0 bridgehead atoms. The van der Waals surface area contributed by atoms with Crippen molar-refractivity contribution in [1.29, 1.82) is 0 Å². The molecule has 0 fully saturated rings. The number of hydrogen-bond donors (Lipinski definition) is 2. The first kappa shape index (κ1) is 14.2. The van der Waals surface area contributed by atoms with E-state index in [4.69, 9.17) is 5.11 Å². The van der Waals surface area contributed by atoms with Crippen molar-refractivity contribution in [3.8, 4) is 5.75 Å². The summed E-state index contributed by atoms with van der Waals surface area (Å²) in [6.45, 7) is 4.06. The van der Waals surface area contributed by atoms with Gasteiger partial charge in [0, 0.05) is 12.5 Å². The van der Waals surface area contributed by atoms with Gasteiger partial charge in [0.1, 0.15) is 5.75 Å². The SMILES string of the molecule is CCC(C)C(=O)C(=O)NCCc1ccc(O)cc1. The first-order valence-electron chi connectivity index (χ1n) is 6.14. The zero-order valence-electron chi connectivity index (χ0n) is 10.8. The number of nitrogens with one attached hydrogen (secondary N) is 1. The van der Waals surface area contributed by atoms with Crippen LogP contribution in [0, 0.1) is 5.92 Å². The molecule has 1 amide bonds. The first-order valence-corrected chi connectivity index (χ1v) is 6.14. The molecule has 0 aromatic heterocycles. The minimum absolute atomic E-state index is 0.217. The van der Waals surface area contributed by atoms with Crippen molar-refractivity contribution in [2.24, 2.45) is 5.92 Å². The molecule has 0 aliphatic carbocycles. The predicted octanol–water partition coefficient (Wildman–Crippen LogP) is 1.67. The van der Waals surface area contributed by atoms with E-state index < -0.39 is 5.91 Å². The van der Waals surface area contributed by atoms with Crippen molar-refractivity contribution in [2.75, 3.05) is 6.54 Å². The number of carbonyl (C=O) groups is 2. The van der Waals surface area contributed by atoms with Gasteiger partial charge in [-0.2, -0.15) is 0 Å². The van der Waals surface area contributed by atoms with Crippen LogP contribution in [0.3, 0.4) is 0 Å². The summed E-state index contributed by atoms with van der Waals surface area (Å²) in [6, 6.07) is 6.78. The number of benzene rings is 1. The van der Waals surface area contributed by atoms with E-state index in [2.05, 4.69) is 5.32 Å². The molecule has 0 saturated carbocycles. The highest BCUT2D eigenvalue weighted by molar-refractivity contribution is 6.36. The van der Waals surface area contributed by atoms with Crippen molar-refractivity contribution in [3.63, 3.8) is 0 Å². The van der Waals surface area contributed by atoms with Crippen LogP contribution in [0.2, 0.25) is 0 Å². The molecule has 1 atom stereocenters. The lowest BCUT2D eigenvalue weighted by molar-refractivity contribution is -0.140. The fourth-order valence-corrected chi connectivity index (χ4v) is 1.48. The fraction of sp³-hybridized carbons (Fsp3) is 0.429. The maximum atomic E-state index is 11.5. The third-order valence-electron chi connectivity index (χ3n) is 2.92. The van der Waals surface area contributed by atoms with Gasteiger partial charge in [0.25, 0.3) is 5.91 Å². The Bertz CT molecular complexity index is 412. The number of hydrogen-bond acceptors (Lipinski definition) is 3. The Morgan fingerprint density at radius 3 is 2.44 bits per heavy atom. The monoisotopic (exact) mass is 249 g/mol. The average Bonchev–Trinajstić information content (AvgIpc) is 2.39. The first-order chi connectivity index (χ1) is 8.54. The van der Waals surface area contributed by atoms with Crippen molar-refractivity contribution in [1.82, 2.24) is 5.32 Å². The Morgan fingerprint density at radius 2 is 1.89 bits per heavy atom. The van der Waals surface area contributed by atoms with Crippen LogP contribution < -0.4 is 5.32 Å². The van der Waals surface area contributed by atoms with Crippen LogP contribution in [-0.4, -0.2) is 23.3 Å². The number of ketones is 1. The van der Waals surface area contributed by atoms with Crippen molar-refractivity contribution in [3.05, 3.63) is 29.8 Å². The predicted molar refractivity (Wildman–Crippen MR) is 69.3 cm³/mol. The van der Waals surface area contributed by atoms with E-state index >= 15 is 0 Å². The number of Topliss-reactive ketones (excluding diaryl/α,β-unsaturated/α-hetero) is 1. The molecule has 0 heterocycles. The van der Waals surface area contributed by atoms with E-state index in [1.807, 2.05) is 6.92 Å². The minimum atomic E-state index is -0.511. The molecule has 1 rings (SSSR count). The maximum Gasteiger partial charge on any atom is 0.287 e. The Hall–Kier alpha value is -1.84. The van der Waals surface area contributed by atoms with E-state index in [0.717, 1.165) is 5.56 Å². The van der Waals surface area contributed by atoms with Crippen LogP contribution in [0.25, 0.3) is 0 Å². The Kier molecular flexibility index (Phi) is 5.36. The van der Waals surface area contributed by atoms with Gasteiger partial charge in [-0.1, -0.05) is 26.0 Å². The molecular formula is C14H19NO3. The lowest BCUT2D eigenvalue weighted by Gasteiger charge is -2.08. The number of phenols is 1. The van der Waals surface area contributed by atoms with Crippen LogP contribution in [0.5, 0.6) is 5.75 Å². The summed E-state index contributed by atoms with van der Waals surface area (Å²) in [4.78, 5) is 23.0. The molecule has 0 saturated heterocycles. The average molecular weight is 249 g/mol. The van der Waals surface area contributed by atoms with Gasteiger partial charge in [-0.3, -0.25) is 9.59 Å². The molecule has 1 aromatic carbocycles. The Balaban J connectivity index is 2.35. The van der Waals surface area contributed by atoms with Gasteiger partial charge in [-0.15, -0.1) is 0 Å². The van der Waals surface area contributed by atoms with Gasteiger partial charge < -0.3 is 10.4 Å². The smallest absolute Gasteiger partial charge is 0.287 e. The van der Waals surface area contributed by atoms with Crippen molar-refractivity contribution in [2.45, 2.75) is 26.7 Å². The third-order valence-corrected chi connectivity index (χ3v) is 2.92. The quantitative estimate of drug-likeness (QED) is 0.754. The molecule has 1 unspecified atom stereocenters. The molecular weight excluding hydrogens is 230 g/mol. The largest absolute Gasteiger partial charge is 0.508 e. The van der Waals surface area contributed by atoms with Crippen LogP contribution >= 0.6 is 0 Å². The number of rotatable bonds is 6. The molecule has 0 radical (unpaired) electrons. The standard InChI is InChI=1S/C14H19NO3/c1-3-10(2)13(17)14(18)15-9-8-11-4-6-12(16)7-5-11/h4-7,10,16H,3,8-9H2,1-2H3,(H,15,18). The van der Waals surface area contributed by atoms with Gasteiger partial charge in [-0.25, -0.2) is 0 Å². The summed E-state index contributed by atoms with van der Waals surface area (Å²) in [7, 11) is 0. The molecule has 4 nitrogen and oxygen atoms in total. The third kappa shape index (κ3) is 4.20. The van der Waals surface area contributed by atoms with E-state index in [0.29, 0.717) is 19.4 Å². The van der Waals surface area contributed by atoms with E-state index in [-0.39, 0.29) is 17.5 Å². The highest BCUT2D eigenvalue weighted by Crippen LogP contribution is 2.09. The van der Waals surface area contributed by atoms with Crippen molar-refractivity contribution < 1.29 is 14.7 Å². The van der Waals surface area contributed by atoms with Crippen LogP contribution in [0.4, 0.5) is 0 Å². The number of phenolic OH excluding ortho intramolecular Hbond substituents is 1. The molecule has 0 aliphatic heterocycles. The molecule has 18 heavy (non-hydrogen) atoms. The van der Waals surface area contributed by atoms with Gasteiger partial charge in [0.2, 0.25) is 5.78 Å². The molecule has 1 aromatic rings. The van der Waals surface area contributed by atoms with Crippen LogP contribution in [0.15, 0.2) is 24.3 Å². The summed E-state index contributed by atoms with van der Waals surface area (Å²) in [5, 5.41) is 11.7. The highest BCUT2D eigenvalue weighted by atomic mass is 16.3. The van der Waals surface area contributed by atoms with Gasteiger partial charge in [0.15, 0.2) is 0 Å². The van der Waals surface area contributed by atoms with Gasteiger partial charge in [-0.05, 0) is 30.5 Å². The van der Waals surface area contributed by atoms with Crippen molar-refractivity contribution >= 4 is 11.7 Å². The molecule has 2 N–H and O–H groups in total. The lowest BCUT2D eigenvalue weighted by Crippen LogP contribution is -2.35. The Labute approximate surface area is 107 Å². The summed E-state index contributed by atoms with van der Waals surface area (Å²) in [5.41, 5.74) is 1.00. The van der Waals surface area contributed by atoms with Crippen LogP contribution in [-0.2, 0) is 16.0 Å². The molecule has 98 valence electrons. The second-order valence-corrected chi connectivity index (χ2v) is 4.35. The number of carbonyl (C=O) groups excluding carboxylic acids is 2. The van der Waals surface area contributed by atoms with E-state index in [1.54, 1.807) is 31.2 Å². The Morgan fingerprint density at radius 1 is 1.28 bits per heavy atom. The summed E-state index contributed by atoms with van der Waals surface area (Å²) in [5.74, 6) is -0.875. The fourth-order valence-electron chi connectivity index (χ4n) is 1.48. The highest BCUT2D eigenvalue weighted by Gasteiger charge is 2.18. The molecule has 0 aliphatic rings. The van der Waals surface area contributed by atoms with E-state index in [9.17, 15) is 9.59 Å². The summed E-state index contributed by atoms with van der Waals surface area (Å²) in [6.07, 6.45) is 1.31. The molecule has 0 spiro atoms. The maximum absolute atomic E-state index is 11.5. The van der Waals surface area contributed by atoms with E-state index in [1.165, 1.54) is 0 Å². The zero-order chi connectivity index (χ0) is 13.5.